The third-order valence-electron chi connectivity index (χ3n) is 4.19. The van der Waals surface area contributed by atoms with Gasteiger partial charge in [-0.25, -0.2) is 0 Å². The van der Waals surface area contributed by atoms with Crippen LogP contribution < -0.4 is 5.73 Å². The van der Waals surface area contributed by atoms with E-state index in [0.717, 1.165) is 25.2 Å². The van der Waals surface area contributed by atoms with Gasteiger partial charge in [0.2, 0.25) is 5.91 Å². The number of amides is 1. The Morgan fingerprint density at radius 1 is 1.19 bits per heavy atom. The van der Waals surface area contributed by atoms with Crippen LogP contribution in [0, 0.1) is 0 Å². The Balaban J connectivity index is 1.97. The number of likely N-dealkylation sites (N-methyl/N-ethyl adjacent to an activating group) is 2. The molecule has 0 bridgehead atoms. The quantitative estimate of drug-likeness (QED) is 0.796. The highest BCUT2D eigenvalue weighted by Crippen LogP contribution is 2.26. The summed E-state index contributed by atoms with van der Waals surface area (Å²) < 4.78 is 0. The maximum absolute atomic E-state index is 12.4. The summed E-state index contributed by atoms with van der Waals surface area (Å²) in [5, 5.41) is 0. The average molecular weight is 289 g/mol. The molecule has 1 fully saturated rings. The summed E-state index contributed by atoms with van der Waals surface area (Å²) in [4.78, 5) is 16.7. The van der Waals surface area contributed by atoms with Gasteiger partial charge in [0, 0.05) is 25.7 Å². The monoisotopic (exact) mass is 289 g/mol. The minimum absolute atomic E-state index is 0.257. The zero-order valence-corrected chi connectivity index (χ0v) is 13.2. The Morgan fingerprint density at radius 3 is 2.38 bits per heavy atom. The van der Waals surface area contributed by atoms with Crippen molar-refractivity contribution in [3.8, 4) is 0 Å². The van der Waals surface area contributed by atoms with E-state index in [0.29, 0.717) is 19.1 Å². The summed E-state index contributed by atoms with van der Waals surface area (Å²) in [5.74, 6) is 0.257. The molecule has 1 saturated carbocycles. The van der Waals surface area contributed by atoms with Gasteiger partial charge in [0.05, 0.1) is 6.54 Å². The summed E-state index contributed by atoms with van der Waals surface area (Å²) >= 11 is 0. The van der Waals surface area contributed by atoms with E-state index in [1.807, 2.05) is 17.0 Å². The van der Waals surface area contributed by atoms with Crippen LogP contribution in [0.15, 0.2) is 24.3 Å². The largest absolute Gasteiger partial charge is 0.339 e. The standard InChI is InChI=1S/C17H27N3O/c1-3-19(12-15-8-6-5-7-14(15)11-18)13-17(21)20(4-2)16-9-10-16/h5-8,16H,3-4,9-13,18H2,1-2H3. The zero-order chi connectivity index (χ0) is 15.2. The summed E-state index contributed by atoms with van der Waals surface area (Å²) in [6, 6.07) is 8.71. The van der Waals surface area contributed by atoms with Gasteiger partial charge < -0.3 is 10.6 Å². The molecule has 4 heteroatoms. The van der Waals surface area contributed by atoms with E-state index in [1.54, 1.807) is 0 Å². The molecule has 2 N–H and O–H groups in total. The smallest absolute Gasteiger partial charge is 0.236 e. The predicted molar refractivity (Wildman–Crippen MR) is 85.7 cm³/mol. The number of rotatable bonds is 8. The van der Waals surface area contributed by atoms with E-state index >= 15 is 0 Å². The molecule has 1 aromatic carbocycles. The van der Waals surface area contributed by atoms with Crippen LogP contribution in [0.4, 0.5) is 0 Å². The molecule has 0 unspecified atom stereocenters. The topological polar surface area (TPSA) is 49.6 Å². The number of carbonyl (C=O) groups is 1. The molecule has 1 aliphatic rings. The minimum Gasteiger partial charge on any atom is -0.339 e. The Morgan fingerprint density at radius 2 is 1.86 bits per heavy atom. The van der Waals surface area contributed by atoms with E-state index in [1.165, 1.54) is 18.4 Å². The SMILES string of the molecule is CCN(CC(=O)N(CC)C1CC1)Cc1ccccc1CN. The molecule has 0 saturated heterocycles. The van der Waals surface area contributed by atoms with Crippen LogP contribution in [0.5, 0.6) is 0 Å². The van der Waals surface area contributed by atoms with Gasteiger partial charge in [0.1, 0.15) is 0 Å². The highest BCUT2D eigenvalue weighted by atomic mass is 16.2. The lowest BCUT2D eigenvalue weighted by molar-refractivity contribution is -0.132. The molecule has 0 aliphatic heterocycles. The van der Waals surface area contributed by atoms with Gasteiger partial charge in [-0.15, -0.1) is 0 Å². The van der Waals surface area contributed by atoms with Crippen LogP contribution in [0.1, 0.15) is 37.8 Å². The van der Waals surface area contributed by atoms with Crippen LogP contribution in [0.2, 0.25) is 0 Å². The van der Waals surface area contributed by atoms with Gasteiger partial charge >= 0.3 is 0 Å². The molecule has 0 aromatic heterocycles. The molecule has 4 nitrogen and oxygen atoms in total. The van der Waals surface area contributed by atoms with Crippen LogP contribution in [-0.2, 0) is 17.9 Å². The Hall–Kier alpha value is -1.39. The minimum atomic E-state index is 0.257. The summed E-state index contributed by atoms with van der Waals surface area (Å²) in [7, 11) is 0. The number of nitrogens with two attached hydrogens (primary N) is 1. The molecule has 0 atom stereocenters. The molecule has 2 rings (SSSR count). The number of carbonyl (C=O) groups excluding carboxylic acids is 1. The Kier molecular flexibility index (Phi) is 5.76. The summed E-state index contributed by atoms with van der Waals surface area (Å²) in [6.45, 7) is 7.69. The predicted octanol–water partition coefficient (Wildman–Crippen LogP) is 1.98. The molecule has 1 aromatic rings. The molecule has 21 heavy (non-hydrogen) atoms. The van der Waals surface area contributed by atoms with E-state index in [4.69, 9.17) is 5.73 Å². The number of hydrogen-bond donors (Lipinski definition) is 1. The van der Waals surface area contributed by atoms with Gasteiger partial charge in [-0.2, -0.15) is 0 Å². The summed E-state index contributed by atoms with van der Waals surface area (Å²) in [6.07, 6.45) is 2.34. The fourth-order valence-electron chi connectivity index (χ4n) is 2.74. The van der Waals surface area contributed by atoms with Gasteiger partial charge in [-0.1, -0.05) is 31.2 Å². The zero-order valence-electron chi connectivity index (χ0n) is 13.2. The van der Waals surface area contributed by atoms with Crippen LogP contribution in [0.25, 0.3) is 0 Å². The summed E-state index contributed by atoms with van der Waals surface area (Å²) in [5.41, 5.74) is 8.18. The van der Waals surface area contributed by atoms with Gasteiger partial charge in [-0.3, -0.25) is 9.69 Å². The van der Waals surface area contributed by atoms with Crippen molar-refractivity contribution in [1.29, 1.82) is 0 Å². The van der Waals surface area contributed by atoms with E-state index in [9.17, 15) is 4.79 Å². The second kappa shape index (κ2) is 7.57. The Bertz CT molecular complexity index is 471. The highest BCUT2D eigenvalue weighted by Gasteiger charge is 2.31. The first-order chi connectivity index (χ1) is 10.2. The molecule has 116 valence electrons. The first-order valence-corrected chi connectivity index (χ1v) is 7.98. The molecule has 1 amide bonds. The fourth-order valence-corrected chi connectivity index (χ4v) is 2.74. The van der Waals surface area contributed by atoms with Crippen molar-refractivity contribution in [2.24, 2.45) is 5.73 Å². The third kappa shape index (κ3) is 4.29. The molecule has 0 heterocycles. The van der Waals surface area contributed by atoms with E-state index in [-0.39, 0.29) is 5.91 Å². The van der Waals surface area contributed by atoms with Crippen LogP contribution in [-0.4, -0.2) is 41.4 Å². The van der Waals surface area contributed by atoms with Crippen molar-refractivity contribution in [3.05, 3.63) is 35.4 Å². The molecule has 1 aliphatic carbocycles. The second-order valence-electron chi connectivity index (χ2n) is 5.69. The lowest BCUT2D eigenvalue weighted by atomic mass is 10.1. The van der Waals surface area contributed by atoms with Crippen molar-refractivity contribution >= 4 is 5.91 Å². The van der Waals surface area contributed by atoms with Crippen molar-refractivity contribution in [1.82, 2.24) is 9.80 Å². The molecular formula is C17H27N3O. The first kappa shape index (κ1) is 16.0. The maximum Gasteiger partial charge on any atom is 0.236 e. The van der Waals surface area contributed by atoms with Gasteiger partial charge in [0.15, 0.2) is 0 Å². The fraction of sp³-hybridized carbons (Fsp3) is 0.588. The molecule has 0 spiro atoms. The number of benzene rings is 1. The van der Waals surface area contributed by atoms with Crippen molar-refractivity contribution in [3.63, 3.8) is 0 Å². The van der Waals surface area contributed by atoms with Crippen molar-refractivity contribution in [2.75, 3.05) is 19.6 Å². The lowest BCUT2D eigenvalue weighted by Gasteiger charge is -2.26. The average Bonchev–Trinajstić information content (AvgIpc) is 3.32. The van der Waals surface area contributed by atoms with Gasteiger partial charge in [0.25, 0.3) is 0 Å². The van der Waals surface area contributed by atoms with E-state index < -0.39 is 0 Å². The third-order valence-corrected chi connectivity index (χ3v) is 4.19. The number of hydrogen-bond acceptors (Lipinski definition) is 3. The lowest BCUT2D eigenvalue weighted by Crippen LogP contribution is -2.41. The van der Waals surface area contributed by atoms with Crippen LogP contribution in [0.3, 0.4) is 0 Å². The molecular weight excluding hydrogens is 262 g/mol. The first-order valence-electron chi connectivity index (χ1n) is 7.98. The van der Waals surface area contributed by atoms with Gasteiger partial charge in [-0.05, 0) is 37.4 Å². The second-order valence-corrected chi connectivity index (χ2v) is 5.69. The number of nitrogens with zero attached hydrogens (tertiary/aromatic N) is 2. The van der Waals surface area contributed by atoms with Crippen LogP contribution >= 0.6 is 0 Å². The normalized spacial score (nSPS) is 14.5. The van der Waals surface area contributed by atoms with E-state index in [2.05, 4.69) is 30.9 Å². The molecule has 0 radical (unpaired) electrons. The highest BCUT2D eigenvalue weighted by molar-refractivity contribution is 5.78. The van der Waals surface area contributed by atoms with Crippen molar-refractivity contribution < 1.29 is 4.79 Å². The maximum atomic E-state index is 12.4. The Labute approximate surface area is 127 Å². The van der Waals surface area contributed by atoms with Crippen molar-refractivity contribution in [2.45, 2.75) is 45.8 Å².